The molecule has 0 heterocycles. The zero-order valence-corrected chi connectivity index (χ0v) is 9.25. The van der Waals surface area contributed by atoms with E-state index in [0.717, 1.165) is 32.1 Å². The molecule has 0 aromatic rings. The van der Waals surface area contributed by atoms with Crippen LogP contribution >= 0.6 is 0 Å². The number of nitrogens with one attached hydrogen (secondary N) is 1. The van der Waals surface area contributed by atoms with Crippen LogP contribution in [0, 0.1) is 5.92 Å². The van der Waals surface area contributed by atoms with Crippen LogP contribution in [0.4, 0.5) is 0 Å². The summed E-state index contributed by atoms with van der Waals surface area (Å²) in [5.74, 6) is 0.421. The summed E-state index contributed by atoms with van der Waals surface area (Å²) in [7, 11) is 0. The summed E-state index contributed by atoms with van der Waals surface area (Å²) in [4.78, 5) is 11.8. The quantitative estimate of drug-likeness (QED) is 0.678. The summed E-state index contributed by atoms with van der Waals surface area (Å²) >= 11 is 0. The first-order chi connectivity index (χ1) is 6.69. The molecule has 1 fully saturated rings. The highest BCUT2D eigenvalue weighted by atomic mass is 16.2. The van der Waals surface area contributed by atoms with Crippen LogP contribution in [0.25, 0.3) is 0 Å². The fourth-order valence-corrected chi connectivity index (χ4v) is 1.78. The van der Waals surface area contributed by atoms with Crippen molar-refractivity contribution in [1.29, 1.82) is 0 Å². The molecule has 1 rings (SSSR count). The van der Waals surface area contributed by atoms with Crippen LogP contribution in [0.2, 0.25) is 0 Å². The zero-order chi connectivity index (χ0) is 10.6. The molecule has 0 aromatic carbocycles. The second-order valence-electron chi connectivity index (χ2n) is 4.29. The van der Waals surface area contributed by atoms with Crippen molar-refractivity contribution in [3.63, 3.8) is 0 Å². The molecule has 1 aliphatic carbocycles. The van der Waals surface area contributed by atoms with Crippen LogP contribution in [-0.4, -0.2) is 18.0 Å². The monoisotopic (exact) mass is 198 g/mol. The van der Waals surface area contributed by atoms with Crippen LogP contribution in [0.5, 0.6) is 0 Å². The van der Waals surface area contributed by atoms with Crippen molar-refractivity contribution in [2.24, 2.45) is 11.7 Å². The summed E-state index contributed by atoms with van der Waals surface area (Å²) in [6.45, 7) is 4.25. The maximum absolute atomic E-state index is 11.8. The Morgan fingerprint density at radius 2 is 1.93 bits per heavy atom. The lowest BCUT2D eigenvalue weighted by Gasteiger charge is -2.14. The molecule has 2 atom stereocenters. The highest BCUT2D eigenvalue weighted by molar-refractivity contribution is 5.79. The van der Waals surface area contributed by atoms with E-state index >= 15 is 0 Å². The molecular formula is C11H22N2O. The minimum absolute atomic E-state index is 0.206. The van der Waals surface area contributed by atoms with Crippen molar-refractivity contribution in [3.8, 4) is 0 Å². The Bertz CT molecular complexity index is 188. The van der Waals surface area contributed by atoms with E-state index < -0.39 is 0 Å². The third-order valence-corrected chi connectivity index (χ3v) is 2.81. The van der Waals surface area contributed by atoms with Crippen molar-refractivity contribution in [1.82, 2.24) is 5.32 Å². The van der Waals surface area contributed by atoms with Gasteiger partial charge in [-0.2, -0.15) is 0 Å². The third kappa shape index (κ3) is 3.29. The maximum atomic E-state index is 11.8. The Balaban J connectivity index is 2.29. The molecule has 3 nitrogen and oxygen atoms in total. The Morgan fingerprint density at radius 3 is 2.29 bits per heavy atom. The van der Waals surface area contributed by atoms with Crippen LogP contribution in [-0.2, 0) is 4.79 Å². The minimum Gasteiger partial charge on any atom is -0.352 e. The van der Waals surface area contributed by atoms with E-state index in [2.05, 4.69) is 19.2 Å². The van der Waals surface area contributed by atoms with Gasteiger partial charge in [-0.3, -0.25) is 4.79 Å². The molecule has 0 aromatic heterocycles. The Labute approximate surface area is 86.4 Å². The van der Waals surface area contributed by atoms with Gasteiger partial charge in [0.1, 0.15) is 0 Å². The summed E-state index contributed by atoms with van der Waals surface area (Å²) in [6, 6.07) is 0.474. The lowest BCUT2D eigenvalue weighted by molar-refractivity contribution is -0.125. The SMILES string of the molecule is CCCC(CCC)C(=O)NC1CC1N. The van der Waals surface area contributed by atoms with Crippen molar-refractivity contribution in [2.45, 2.75) is 58.0 Å². The molecule has 0 bridgehead atoms. The molecule has 0 spiro atoms. The molecule has 1 saturated carbocycles. The zero-order valence-electron chi connectivity index (χ0n) is 9.25. The number of carbonyl (C=O) groups excluding carboxylic acids is 1. The van der Waals surface area contributed by atoms with Gasteiger partial charge in [0.2, 0.25) is 5.91 Å². The smallest absolute Gasteiger partial charge is 0.223 e. The lowest BCUT2D eigenvalue weighted by atomic mass is 9.97. The second kappa shape index (κ2) is 5.35. The number of rotatable bonds is 6. The highest BCUT2D eigenvalue weighted by Crippen LogP contribution is 2.20. The summed E-state index contributed by atoms with van der Waals surface area (Å²) in [5, 5.41) is 3.01. The molecule has 1 aliphatic rings. The molecule has 0 aliphatic heterocycles. The van der Waals surface area contributed by atoms with E-state index in [9.17, 15) is 4.79 Å². The normalized spacial score (nSPS) is 25.1. The van der Waals surface area contributed by atoms with Gasteiger partial charge in [0.25, 0.3) is 0 Å². The van der Waals surface area contributed by atoms with Crippen LogP contribution in [0.1, 0.15) is 46.0 Å². The predicted molar refractivity (Wildman–Crippen MR) is 57.8 cm³/mol. The van der Waals surface area contributed by atoms with Gasteiger partial charge in [-0.15, -0.1) is 0 Å². The molecule has 0 radical (unpaired) electrons. The number of nitrogens with two attached hydrogens (primary N) is 1. The fourth-order valence-electron chi connectivity index (χ4n) is 1.78. The highest BCUT2D eigenvalue weighted by Gasteiger charge is 2.35. The topological polar surface area (TPSA) is 55.1 Å². The van der Waals surface area contributed by atoms with Crippen LogP contribution in [0.15, 0.2) is 0 Å². The number of carbonyl (C=O) groups is 1. The van der Waals surface area contributed by atoms with Crippen molar-refractivity contribution < 1.29 is 4.79 Å². The first-order valence-corrected chi connectivity index (χ1v) is 5.75. The standard InChI is InChI=1S/C11H22N2O/c1-3-5-8(6-4-2)11(14)13-10-7-9(10)12/h8-10H,3-7,12H2,1-2H3,(H,13,14). The first-order valence-electron chi connectivity index (χ1n) is 5.75. The summed E-state index contributed by atoms with van der Waals surface area (Å²) in [5.41, 5.74) is 5.65. The Morgan fingerprint density at radius 1 is 1.43 bits per heavy atom. The third-order valence-electron chi connectivity index (χ3n) is 2.81. The van der Waals surface area contributed by atoms with Gasteiger partial charge >= 0.3 is 0 Å². The van der Waals surface area contributed by atoms with Gasteiger partial charge in [-0.25, -0.2) is 0 Å². The molecule has 2 unspecified atom stereocenters. The number of amides is 1. The number of hydrogen-bond acceptors (Lipinski definition) is 2. The summed E-state index contributed by atoms with van der Waals surface area (Å²) in [6.07, 6.45) is 5.11. The predicted octanol–water partition coefficient (Wildman–Crippen LogP) is 1.42. The lowest BCUT2D eigenvalue weighted by Crippen LogP contribution is -2.34. The van der Waals surface area contributed by atoms with E-state index in [1.807, 2.05) is 0 Å². The first kappa shape index (κ1) is 11.5. The Kier molecular flexibility index (Phi) is 4.39. The molecule has 82 valence electrons. The molecular weight excluding hydrogens is 176 g/mol. The van der Waals surface area contributed by atoms with E-state index in [4.69, 9.17) is 5.73 Å². The van der Waals surface area contributed by atoms with Gasteiger partial charge in [-0.05, 0) is 19.3 Å². The largest absolute Gasteiger partial charge is 0.352 e. The molecule has 3 heteroatoms. The average Bonchev–Trinajstić information content (AvgIpc) is 2.81. The van der Waals surface area contributed by atoms with E-state index in [0.29, 0.717) is 0 Å². The second-order valence-corrected chi connectivity index (χ2v) is 4.29. The summed E-state index contributed by atoms with van der Waals surface area (Å²) < 4.78 is 0. The van der Waals surface area contributed by atoms with Gasteiger partial charge < -0.3 is 11.1 Å². The van der Waals surface area contributed by atoms with Gasteiger partial charge in [0.15, 0.2) is 0 Å². The fraction of sp³-hybridized carbons (Fsp3) is 0.909. The molecule has 14 heavy (non-hydrogen) atoms. The van der Waals surface area contributed by atoms with E-state index in [1.165, 1.54) is 0 Å². The number of hydrogen-bond donors (Lipinski definition) is 2. The molecule has 0 saturated heterocycles. The van der Waals surface area contributed by atoms with Gasteiger partial charge in [0, 0.05) is 18.0 Å². The van der Waals surface area contributed by atoms with Gasteiger partial charge in [0.05, 0.1) is 0 Å². The van der Waals surface area contributed by atoms with Crippen LogP contribution < -0.4 is 11.1 Å². The minimum atomic E-state index is 0.206. The Hall–Kier alpha value is -0.570. The molecule has 1 amide bonds. The van der Waals surface area contributed by atoms with E-state index in [-0.39, 0.29) is 23.9 Å². The average molecular weight is 198 g/mol. The van der Waals surface area contributed by atoms with Crippen molar-refractivity contribution in [3.05, 3.63) is 0 Å². The van der Waals surface area contributed by atoms with Gasteiger partial charge in [-0.1, -0.05) is 26.7 Å². The molecule has 3 N–H and O–H groups in total. The van der Waals surface area contributed by atoms with Crippen molar-refractivity contribution in [2.75, 3.05) is 0 Å². The van der Waals surface area contributed by atoms with Crippen LogP contribution in [0.3, 0.4) is 0 Å². The maximum Gasteiger partial charge on any atom is 0.223 e. The van der Waals surface area contributed by atoms with Crippen molar-refractivity contribution >= 4 is 5.91 Å². The van der Waals surface area contributed by atoms with E-state index in [1.54, 1.807) is 0 Å².